The Morgan fingerprint density at radius 1 is 1.21 bits per heavy atom. The van der Waals surface area contributed by atoms with Gasteiger partial charge in [-0.25, -0.2) is 23.1 Å². The number of hydrogen-bond donors (Lipinski definition) is 2. The number of fused-ring (bicyclic) bond motifs is 1. The highest BCUT2D eigenvalue weighted by Gasteiger charge is 2.14. The lowest BCUT2D eigenvalue weighted by molar-refractivity contribution is 0.588. The van der Waals surface area contributed by atoms with Gasteiger partial charge in [-0.15, -0.1) is 0 Å². The molecule has 0 radical (unpaired) electrons. The molecule has 24 heavy (non-hydrogen) atoms. The van der Waals surface area contributed by atoms with E-state index in [1.54, 1.807) is 30.3 Å². The molecule has 0 atom stereocenters. The zero-order chi connectivity index (χ0) is 17.2. The van der Waals surface area contributed by atoms with Gasteiger partial charge in [0.1, 0.15) is 5.82 Å². The van der Waals surface area contributed by atoms with Crippen molar-refractivity contribution in [1.29, 1.82) is 0 Å². The number of nitrogens with one attached hydrogen (secondary N) is 2. The van der Waals surface area contributed by atoms with Crippen molar-refractivity contribution < 1.29 is 8.42 Å². The Morgan fingerprint density at radius 3 is 2.67 bits per heavy atom. The first-order chi connectivity index (χ1) is 11.5. The van der Waals surface area contributed by atoms with Gasteiger partial charge in [0.15, 0.2) is 11.5 Å². The smallest absolute Gasteiger partial charge is 0.213 e. The summed E-state index contributed by atoms with van der Waals surface area (Å²) >= 11 is 0. The average Bonchev–Trinajstić information content (AvgIpc) is 2.97. The molecule has 0 aliphatic carbocycles. The second-order valence-corrected chi connectivity index (χ2v) is 7.13. The van der Waals surface area contributed by atoms with Gasteiger partial charge in [-0.05, 0) is 19.2 Å². The number of pyridine rings is 1. The van der Waals surface area contributed by atoms with Gasteiger partial charge in [0.05, 0.1) is 17.3 Å². The van der Waals surface area contributed by atoms with Crippen molar-refractivity contribution in [1.82, 2.24) is 29.5 Å². The lowest BCUT2D eigenvalue weighted by atomic mass is 10.2. The van der Waals surface area contributed by atoms with Crippen molar-refractivity contribution in [3.05, 3.63) is 30.7 Å². The quantitative estimate of drug-likeness (QED) is 0.662. The number of anilines is 1. The molecule has 126 valence electrons. The van der Waals surface area contributed by atoms with E-state index < -0.39 is 10.0 Å². The van der Waals surface area contributed by atoms with E-state index in [9.17, 15) is 8.42 Å². The van der Waals surface area contributed by atoms with E-state index in [1.165, 1.54) is 7.05 Å². The summed E-state index contributed by atoms with van der Waals surface area (Å²) < 4.78 is 27.0. The third-order valence-electron chi connectivity index (χ3n) is 3.50. The summed E-state index contributed by atoms with van der Waals surface area (Å²) in [7, 11) is -0.103. The van der Waals surface area contributed by atoms with Gasteiger partial charge >= 0.3 is 0 Å². The SMILES string of the molecule is CNS(=O)(=O)CCNc1nc(-c2ccncc2)nc2c1cnn2C. The molecule has 0 saturated heterocycles. The number of sulfonamides is 1. The van der Waals surface area contributed by atoms with Crippen LogP contribution in [0.2, 0.25) is 0 Å². The predicted molar refractivity (Wildman–Crippen MR) is 90.9 cm³/mol. The van der Waals surface area contributed by atoms with Gasteiger partial charge in [0, 0.05) is 31.5 Å². The minimum absolute atomic E-state index is 0.0557. The highest BCUT2D eigenvalue weighted by atomic mass is 32.2. The van der Waals surface area contributed by atoms with Crippen LogP contribution in [0, 0.1) is 0 Å². The topological polar surface area (TPSA) is 115 Å². The maximum absolute atomic E-state index is 11.5. The van der Waals surface area contributed by atoms with Crippen molar-refractivity contribution in [3.8, 4) is 11.4 Å². The first kappa shape index (κ1) is 16.3. The molecule has 0 aliphatic rings. The maximum atomic E-state index is 11.5. The highest BCUT2D eigenvalue weighted by molar-refractivity contribution is 7.89. The van der Waals surface area contributed by atoms with Crippen LogP contribution in [-0.4, -0.2) is 52.5 Å². The molecule has 0 spiro atoms. The molecule has 0 bridgehead atoms. The fourth-order valence-corrected chi connectivity index (χ4v) is 2.77. The first-order valence-electron chi connectivity index (χ1n) is 7.25. The third-order valence-corrected chi connectivity index (χ3v) is 4.87. The number of aromatic nitrogens is 5. The van der Waals surface area contributed by atoms with Gasteiger partial charge in [0.25, 0.3) is 0 Å². The Morgan fingerprint density at radius 2 is 1.96 bits per heavy atom. The summed E-state index contributed by atoms with van der Waals surface area (Å²) in [5, 5.41) is 7.99. The molecule has 3 heterocycles. The zero-order valence-corrected chi connectivity index (χ0v) is 14.1. The molecule has 9 nitrogen and oxygen atoms in total. The van der Waals surface area contributed by atoms with E-state index in [1.807, 2.05) is 12.1 Å². The number of aryl methyl sites for hydroxylation is 1. The van der Waals surface area contributed by atoms with Gasteiger partial charge in [-0.3, -0.25) is 9.67 Å². The standard InChI is InChI=1S/C14H17N7O2S/c1-15-24(22,23)8-7-17-13-11-9-18-21(2)14(11)20-12(19-13)10-3-5-16-6-4-10/h3-6,9,15H,7-8H2,1-2H3,(H,17,19,20). The largest absolute Gasteiger partial charge is 0.368 e. The number of nitrogens with zero attached hydrogens (tertiary/aromatic N) is 5. The normalized spacial score (nSPS) is 11.8. The van der Waals surface area contributed by atoms with Crippen LogP contribution in [0.25, 0.3) is 22.4 Å². The molecule has 3 aromatic heterocycles. The molecule has 3 aromatic rings. The van der Waals surface area contributed by atoms with Crippen molar-refractivity contribution in [2.75, 3.05) is 24.7 Å². The van der Waals surface area contributed by atoms with Gasteiger partial charge < -0.3 is 5.32 Å². The monoisotopic (exact) mass is 347 g/mol. The fourth-order valence-electron chi connectivity index (χ4n) is 2.19. The van der Waals surface area contributed by atoms with Crippen molar-refractivity contribution in [2.45, 2.75) is 0 Å². The minimum atomic E-state index is -3.28. The van der Waals surface area contributed by atoms with E-state index in [0.29, 0.717) is 17.3 Å². The van der Waals surface area contributed by atoms with E-state index in [2.05, 4.69) is 30.1 Å². The fraction of sp³-hybridized carbons (Fsp3) is 0.286. The van der Waals surface area contributed by atoms with Crippen LogP contribution in [0.1, 0.15) is 0 Å². The Balaban J connectivity index is 1.97. The summed E-state index contributed by atoms with van der Waals surface area (Å²) in [6.07, 6.45) is 4.98. The van der Waals surface area contributed by atoms with E-state index in [-0.39, 0.29) is 12.3 Å². The van der Waals surface area contributed by atoms with Gasteiger partial charge in [0.2, 0.25) is 10.0 Å². The van der Waals surface area contributed by atoms with Crippen LogP contribution < -0.4 is 10.0 Å². The van der Waals surface area contributed by atoms with E-state index in [4.69, 9.17) is 0 Å². The van der Waals surface area contributed by atoms with Crippen molar-refractivity contribution >= 4 is 26.9 Å². The highest BCUT2D eigenvalue weighted by Crippen LogP contribution is 2.24. The Bertz CT molecular complexity index is 954. The molecular formula is C14H17N7O2S. The third kappa shape index (κ3) is 3.34. The van der Waals surface area contributed by atoms with E-state index >= 15 is 0 Å². The molecule has 2 N–H and O–H groups in total. The lowest BCUT2D eigenvalue weighted by Gasteiger charge is -2.09. The van der Waals surface area contributed by atoms with Crippen LogP contribution in [-0.2, 0) is 17.1 Å². The molecule has 10 heteroatoms. The molecule has 0 aliphatic heterocycles. The predicted octanol–water partition coefficient (Wildman–Crippen LogP) is 0.386. The van der Waals surface area contributed by atoms with Crippen LogP contribution in [0.4, 0.5) is 5.82 Å². The van der Waals surface area contributed by atoms with E-state index in [0.717, 1.165) is 10.9 Å². The summed E-state index contributed by atoms with van der Waals surface area (Å²) in [6, 6.07) is 3.62. The lowest BCUT2D eigenvalue weighted by Crippen LogP contribution is -2.26. The van der Waals surface area contributed by atoms with Crippen molar-refractivity contribution in [2.24, 2.45) is 7.05 Å². The Kier molecular flexibility index (Phi) is 4.40. The first-order valence-corrected chi connectivity index (χ1v) is 8.90. The number of hydrogen-bond acceptors (Lipinski definition) is 7. The molecule has 3 rings (SSSR count). The minimum Gasteiger partial charge on any atom is -0.368 e. The summed E-state index contributed by atoms with van der Waals surface area (Å²) in [5.74, 6) is 1.01. The Labute approximate surface area is 139 Å². The Hall–Kier alpha value is -2.59. The summed E-state index contributed by atoms with van der Waals surface area (Å²) in [6.45, 7) is 0.222. The zero-order valence-electron chi connectivity index (χ0n) is 13.3. The molecule has 0 aromatic carbocycles. The molecule has 0 amide bonds. The summed E-state index contributed by atoms with van der Waals surface area (Å²) in [4.78, 5) is 13.0. The average molecular weight is 347 g/mol. The van der Waals surface area contributed by atoms with Crippen molar-refractivity contribution in [3.63, 3.8) is 0 Å². The van der Waals surface area contributed by atoms with Crippen LogP contribution in [0.5, 0.6) is 0 Å². The van der Waals surface area contributed by atoms with Crippen LogP contribution in [0.15, 0.2) is 30.7 Å². The second-order valence-electron chi connectivity index (χ2n) is 5.09. The second kappa shape index (κ2) is 6.49. The van der Waals surface area contributed by atoms with Crippen LogP contribution in [0.3, 0.4) is 0 Å². The summed E-state index contributed by atoms with van der Waals surface area (Å²) in [5.41, 5.74) is 1.48. The molecule has 0 fully saturated rings. The van der Waals surface area contributed by atoms with Gasteiger partial charge in [-0.1, -0.05) is 0 Å². The van der Waals surface area contributed by atoms with Gasteiger partial charge in [-0.2, -0.15) is 5.10 Å². The number of rotatable bonds is 6. The molecule has 0 saturated carbocycles. The van der Waals surface area contributed by atoms with Crippen LogP contribution >= 0.6 is 0 Å². The maximum Gasteiger partial charge on any atom is 0.213 e. The molecular weight excluding hydrogens is 330 g/mol. The molecule has 0 unspecified atom stereocenters.